The van der Waals surface area contributed by atoms with Crippen LogP contribution in [0.4, 0.5) is 4.79 Å². The Kier molecular flexibility index (Phi) is 4.26. The summed E-state index contributed by atoms with van der Waals surface area (Å²) in [6.45, 7) is 2.53. The van der Waals surface area contributed by atoms with Crippen LogP contribution in [0.25, 0.3) is 0 Å². The van der Waals surface area contributed by atoms with Gasteiger partial charge in [0.1, 0.15) is 0 Å². The van der Waals surface area contributed by atoms with Gasteiger partial charge in [-0.1, -0.05) is 17.7 Å². The third kappa shape index (κ3) is 3.66. The van der Waals surface area contributed by atoms with Crippen molar-refractivity contribution in [2.45, 2.75) is 13.5 Å². The Labute approximate surface area is 88.0 Å². The molecule has 1 amide bonds. The van der Waals surface area contributed by atoms with Crippen LogP contribution in [0.15, 0.2) is 18.2 Å². The summed E-state index contributed by atoms with van der Waals surface area (Å²) in [4.78, 5) is 10.9. The van der Waals surface area contributed by atoms with Gasteiger partial charge in [-0.2, -0.15) is 0 Å². The van der Waals surface area contributed by atoms with Crippen molar-refractivity contribution in [1.82, 2.24) is 5.32 Å². The minimum Gasteiger partial charge on any atom is -0.450 e. The van der Waals surface area contributed by atoms with Gasteiger partial charge in [0.25, 0.3) is 0 Å². The molecular weight excluding hydrogens is 202 g/mol. The zero-order chi connectivity index (χ0) is 10.4. The molecule has 1 N–H and O–H groups in total. The number of carbonyl (C=O) groups is 1. The molecule has 0 saturated carbocycles. The molecule has 0 fully saturated rings. The first-order valence-electron chi connectivity index (χ1n) is 4.29. The van der Waals surface area contributed by atoms with Gasteiger partial charge >= 0.3 is 6.09 Å². The quantitative estimate of drug-likeness (QED) is 0.836. The molecule has 1 rings (SSSR count). The van der Waals surface area contributed by atoms with Gasteiger partial charge in [0.2, 0.25) is 0 Å². The Morgan fingerprint density at radius 1 is 1.64 bits per heavy atom. The van der Waals surface area contributed by atoms with Crippen LogP contribution in [-0.2, 0) is 11.3 Å². The fraction of sp³-hybridized carbons (Fsp3) is 0.300. The summed E-state index contributed by atoms with van der Waals surface area (Å²) in [6, 6.07) is 8.14. The average Bonchev–Trinajstić information content (AvgIpc) is 2.17. The van der Waals surface area contributed by atoms with E-state index in [1.165, 1.54) is 0 Å². The number of carbonyl (C=O) groups excluding carboxylic acids is 1. The molecule has 0 saturated heterocycles. The van der Waals surface area contributed by atoms with Crippen LogP contribution in [0.3, 0.4) is 0 Å². The second kappa shape index (κ2) is 5.50. The summed E-state index contributed by atoms with van der Waals surface area (Å²) in [6.07, 6.45) is -0.421. The van der Waals surface area contributed by atoms with Crippen molar-refractivity contribution in [3.63, 3.8) is 0 Å². The highest BCUT2D eigenvalue weighted by Crippen LogP contribution is 2.08. The third-order valence-electron chi connectivity index (χ3n) is 1.54. The highest BCUT2D eigenvalue weighted by atomic mass is 35.5. The van der Waals surface area contributed by atoms with E-state index in [1.54, 1.807) is 25.1 Å². The van der Waals surface area contributed by atoms with E-state index in [2.05, 4.69) is 11.4 Å². The van der Waals surface area contributed by atoms with Crippen molar-refractivity contribution in [1.29, 1.82) is 0 Å². The lowest BCUT2D eigenvalue weighted by Gasteiger charge is -2.04. The Morgan fingerprint density at radius 3 is 3.00 bits per heavy atom. The van der Waals surface area contributed by atoms with Crippen molar-refractivity contribution in [3.8, 4) is 0 Å². The SMILES string of the molecule is CCOC(=O)NCc1[c]cc(Cl)cc1. The van der Waals surface area contributed by atoms with E-state index in [-0.39, 0.29) is 0 Å². The Balaban J connectivity index is 2.38. The molecule has 0 unspecified atom stereocenters. The molecule has 1 radical (unpaired) electrons. The van der Waals surface area contributed by atoms with Crippen molar-refractivity contribution < 1.29 is 9.53 Å². The smallest absolute Gasteiger partial charge is 0.407 e. The van der Waals surface area contributed by atoms with E-state index in [0.29, 0.717) is 18.2 Å². The van der Waals surface area contributed by atoms with Crippen molar-refractivity contribution in [3.05, 3.63) is 34.9 Å². The van der Waals surface area contributed by atoms with E-state index < -0.39 is 6.09 Å². The van der Waals surface area contributed by atoms with Gasteiger partial charge in [0.15, 0.2) is 0 Å². The van der Waals surface area contributed by atoms with E-state index in [9.17, 15) is 4.79 Å². The molecule has 1 aromatic carbocycles. The molecule has 0 aliphatic carbocycles. The predicted molar refractivity (Wildman–Crippen MR) is 54.1 cm³/mol. The van der Waals surface area contributed by atoms with Crippen molar-refractivity contribution >= 4 is 17.7 Å². The first-order valence-corrected chi connectivity index (χ1v) is 4.67. The largest absolute Gasteiger partial charge is 0.450 e. The number of hydrogen-bond donors (Lipinski definition) is 1. The number of rotatable bonds is 3. The fourth-order valence-electron chi connectivity index (χ4n) is 0.898. The van der Waals surface area contributed by atoms with Crippen LogP contribution in [0, 0.1) is 6.07 Å². The molecule has 0 aliphatic rings. The van der Waals surface area contributed by atoms with E-state index in [1.807, 2.05) is 0 Å². The number of amides is 1. The summed E-state index contributed by atoms with van der Waals surface area (Å²) in [7, 11) is 0. The first-order chi connectivity index (χ1) is 6.72. The van der Waals surface area contributed by atoms with E-state index >= 15 is 0 Å². The Bertz CT molecular complexity index is 297. The minimum atomic E-state index is -0.421. The molecule has 0 aliphatic heterocycles. The lowest BCUT2D eigenvalue weighted by atomic mass is 10.2. The van der Waals surface area contributed by atoms with Gasteiger partial charge in [-0.25, -0.2) is 4.79 Å². The highest BCUT2D eigenvalue weighted by molar-refractivity contribution is 6.30. The number of hydrogen-bond acceptors (Lipinski definition) is 2. The molecule has 14 heavy (non-hydrogen) atoms. The van der Waals surface area contributed by atoms with Gasteiger partial charge in [-0.3, -0.25) is 0 Å². The Hall–Kier alpha value is -1.22. The van der Waals surface area contributed by atoms with Gasteiger partial charge < -0.3 is 10.1 Å². The maximum absolute atomic E-state index is 10.9. The van der Waals surface area contributed by atoms with Gasteiger partial charge in [0, 0.05) is 11.6 Å². The maximum Gasteiger partial charge on any atom is 0.407 e. The zero-order valence-electron chi connectivity index (χ0n) is 7.84. The molecule has 1 aromatic rings. The normalized spacial score (nSPS) is 9.57. The van der Waals surface area contributed by atoms with Crippen molar-refractivity contribution in [2.24, 2.45) is 0 Å². The number of benzene rings is 1. The second-order valence-electron chi connectivity index (χ2n) is 2.61. The molecule has 0 bridgehead atoms. The summed E-state index contributed by atoms with van der Waals surface area (Å²) in [5.41, 5.74) is 0.863. The standard InChI is InChI=1S/C10H11ClNO2/c1-2-14-10(13)12-7-8-3-5-9(11)6-4-8/h3,5-6H,2,7H2,1H3,(H,12,13). The van der Waals surface area contributed by atoms with E-state index in [4.69, 9.17) is 16.3 Å². The molecule has 0 spiro atoms. The number of nitrogens with one attached hydrogen (secondary N) is 1. The number of ether oxygens (including phenoxy) is 1. The van der Waals surface area contributed by atoms with Gasteiger partial charge in [-0.15, -0.1) is 0 Å². The minimum absolute atomic E-state index is 0.371. The third-order valence-corrected chi connectivity index (χ3v) is 1.77. The van der Waals surface area contributed by atoms with Crippen LogP contribution in [0.2, 0.25) is 5.02 Å². The zero-order valence-corrected chi connectivity index (χ0v) is 8.60. The average molecular weight is 213 g/mol. The van der Waals surface area contributed by atoms with Crippen LogP contribution in [0.5, 0.6) is 0 Å². The summed E-state index contributed by atoms with van der Waals surface area (Å²) >= 11 is 5.68. The lowest BCUT2D eigenvalue weighted by Crippen LogP contribution is -2.23. The number of halogens is 1. The second-order valence-corrected chi connectivity index (χ2v) is 3.04. The van der Waals surface area contributed by atoms with Crippen LogP contribution < -0.4 is 5.32 Å². The molecule has 0 heterocycles. The first kappa shape index (κ1) is 10.9. The summed E-state index contributed by atoms with van der Waals surface area (Å²) in [5, 5.41) is 3.21. The monoisotopic (exact) mass is 212 g/mol. The maximum atomic E-state index is 10.9. The lowest BCUT2D eigenvalue weighted by molar-refractivity contribution is 0.151. The van der Waals surface area contributed by atoms with Crippen LogP contribution in [0.1, 0.15) is 12.5 Å². The van der Waals surface area contributed by atoms with Crippen molar-refractivity contribution in [2.75, 3.05) is 6.61 Å². The molecule has 0 aromatic heterocycles. The molecule has 4 heteroatoms. The predicted octanol–water partition coefficient (Wildman–Crippen LogP) is 2.39. The Morgan fingerprint density at radius 2 is 2.43 bits per heavy atom. The van der Waals surface area contributed by atoms with Crippen LogP contribution in [-0.4, -0.2) is 12.7 Å². The molecular formula is C10H11ClNO2. The topological polar surface area (TPSA) is 38.3 Å². The summed E-state index contributed by atoms with van der Waals surface area (Å²) < 4.78 is 4.70. The van der Waals surface area contributed by atoms with Crippen LogP contribution >= 0.6 is 11.6 Å². The molecule has 0 atom stereocenters. The van der Waals surface area contributed by atoms with E-state index in [0.717, 1.165) is 5.56 Å². The van der Waals surface area contributed by atoms with Gasteiger partial charge in [0.05, 0.1) is 6.61 Å². The number of alkyl carbamates (subject to hydrolysis) is 1. The summed E-state index contributed by atoms with van der Waals surface area (Å²) in [5.74, 6) is 0. The molecule has 3 nitrogen and oxygen atoms in total. The highest BCUT2D eigenvalue weighted by Gasteiger charge is 1.99. The molecule has 75 valence electrons. The fourth-order valence-corrected chi connectivity index (χ4v) is 1.02. The van der Waals surface area contributed by atoms with Gasteiger partial charge in [-0.05, 0) is 30.7 Å².